The highest BCUT2D eigenvalue weighted by Crippen LogP contribution is 2.30. The zero-order valence-corrected chi connectivity index (χ0v) is 20.0. The van der Waals surface area contributed by atoms with Gasteiger partial charge in [-0.2, -0.15) is 0 Å². The number of fused-ring (bicyclic) bond motifs is 1. The lowest BCUT2D eigenvalue weighted by Gasteiger charge is -2.22. The van der Waals surface area contributed by atoms with Crippen LogP contribution in [0, 0.1) is 0 Å². The second-order valence-electron chi connectivity index (χ2n) is 9.34. The third kappa shape index (κ3) is 5.38. The zero-order valence-electron chi connectivity index (χ0n) is 20.0. The van der Waals surface area contributed by atoms with Gasteiger partial charge in [-0.3, -0.25) is 14.6 Å². The first-order valence-corrected chi connectivity index (χ1v) is 12.4. The Labute approximate surface area is 210 Å². The molecule has 3 aromatic carbocycles. The molecule has 0 saturated heterocycles. The Bertz CT molecular complexity index is 1390. The van der Waals surface area contributed by atoms with E-state index >= 15 is 0 Å². The Balaban J connectivity index is 1.22. The summed E-state index contributed by atoms with van der Waals surface area (Å²) in [5, 5.41) is 17.3. The van der Waals surface area contributed by atoms with Gasteiger partial charge < -0.3 is 15.7 Å². The standard InChI is InChI=1S/C30H29N3O3/c34-27-18-25(17-23-8-5-15-31-28(23)27)22-6-4-7-24(16-22)29(35)32-19-20-11-13-21(14-12-20)30(36)33-26-9-2-1-3-10-26/h4-8,11-18,26,34H,1-3,9-10,19H2,(H,32,35)(H,33,36). The van der Waals surface area contributed by atoms with Crippen LogP contribution in [0.5, 0.6) is 5.75 Å². The number of phenols is 1. The number of rotatable bonds is 6. The van der Waals surface area contributed by atoms with Crippen LogP contribution in [0.2, 0.25) is 0 Å². The fourth-order valence-electron chi connectivity index (χ4n) is 4.75. The molecule has 0 bridgehead atoms. The van der Waals surface area contributed by atoms with Crippen LogP contribution in [0.3, 0.4) is 0 Å². The summed E-state index contributed by atoms with van der Waals surface area (Å²) in [6.45, 7) is 0.357. The Hall–Kier alpha value is -4.19. The number of aromatic nitrogens is 1. The summed E-state index contributed by atoms with van der Waals surface area (Å²) < 4.78 is 0. The van der Waals surface area contributed by atoms with Crippen molar-refractivity contribution in [3.63, 3.8) is 0 Å². The van der Waals surface area contributed by atoms with Gasteiger partial charge in [0.1, 0.15) is 11.3 Å². The summed E-state index contributed by atoms with van der Waals surface area (Å²) in [7, 11) is 0. The van der Waals surface area contributed by atoms with Gasteiger partial charge in [-0.25, -0.2) is 0 Å². The number of hydrogen-bond acceptors (Lipinski definition) is 4. The molecule has 0 atom stereocenters. The highest BCUT2D eigenvalue weighted by Gasteiger charge is 2.16. The van der Waals surface area contributed by atoms with Gasteiger partial charge in [0.25, 0.3) is 11.8 Å². The SMILES string of the molecule is O=C(NCc1ccc(C(=O)NC2CCCCC2)cc1)c1cccc(-c2cc(O)c3ncccc3c2)c1. The van der Waals surface area contributed by atoms with Crippen molar-refractivity contribution in [3.05, 3.63) is 95.7 Å². The molecule has 3 N–H and O–H groups in total. The first-order chi connectivity index (χ1) is 17.6. The van der Waals surface area contributed by atoms with E-state index in [0.29, 0.717) is 23.2 Å². The van der Waals surface area contributed by atoms with Gasteiger partial charge in [0.05, 0.1) is 0 Å². The lowest BCUT2D eigenvalue weighted by Crippen LogP contribution is -2.36. The number of benzene rings is 3. The van der Waals surface area contributed by atoms with Gasteiger partial charge in [0, 0.05) is 35.3 Å². The molecular weight excluding hydrogens is 450 g/mol. The number of phenolic OH excluding ortho intramolecular Hbond substituents is 1. The first-order valence-electron chi connectivity index (χ1n) is 12.4. The maximum Gasteiger partial charge on any atom is 0.251 e. The zero-order chi connectivity index (χ0) is 24.9. The van der Waals surface area contributed by atoms with Crippen molar-refractivity contribution in [1.29, 1.82) is 0 Å². The fraction of sp³-hybridized carbons (Fsp3) is 0.233. The largest absolute Gasteiger partial charge is 0.506 e. The molecule has 1 aliphatic carbocycles. The fourth-order valence-corrected chi connectivity index (χ4v) is 4.75. The molecule has 0 spiro atoms. The van der Waals surface area contributed by atoms with Crippen molar-refractivity contribution < 1.29 is 14.7 Å². The van der Waals surface area contributed by atoms with Crippen LogP contribution >= 0.6 is 0 Å². The summed E-state index contributed by atoms with van der Waals surface area (Å²) in [6, 6.07) is 22.3. The normalized spacial score (nSPS) is 13.9. The van der Waals surface area contributed by atoms with Crippen molar-refractivity contribution in [2.75, 3.05) is 0 Å². The van der Waals surface area contributed by atoms with Crippen LogP contribution in [-0.4, -0.2) is 27.9 Å². The summed E-state index contributed by atoms with van der Waals surface area (Å²) in [4.78, 5) is 29.6. The third-order valence-corrected chi connectivity index (χ3v) is 6.75. The van der Waals surface area contributed by atoms with Gasteiger partial charge >= 0.3 is 0 Å². The minimum Gasteiger partial charge on any atom is -0.506 e. The van der Waals surface area contributed by atoms with Crippen molar-refractivity contribution in [1.82, 2.24) is 15.6 Å². The maximum absolute atomic E-state index is 12.8. The van der Waals surface area contributed by atoms with Crippen LogP contribution in [0.4, 0.5) is 0 Å². The topological polar surface area (TPSA) is 91.3 Å². The molecule has 1 fully saturated rings. The summed E-state index contributed by atoms with van der Waals surface area (Å²) >= 11 is 0. The Morgan fingerprint density at radius 1 is 0.833 bits per heavy atom. The van der Waals surface area contributed by atoms with Crippen LogP contribution in [0.15, 0.2) is 79.0 Å². The van der Waals surface area contributed by atoms with Crippen molar-refractivity contribution in [2.45, 2.75) is 44.7 Å². The summed E-state index contributed by atoms with van der Waals surface area (Å²) in [5.41, 5.74) is 4.27. The highest BCUT2D eigenvalue weighted by atomic mass is 16.3. The van der Waals surface area contributed by atoms with E-state index < -0.39 is 0 Å². The molecule has 6 nitrogen and oxygen atoms in total. The number of aromatic hydroxyl groups is 1. The van der Waals surface area contributed by atoms with Crippen LogP contribution in [0.25, 0.3) is 22.0 Å². The number of nitrogens with zero attached hydrogens (tertiary/aromatic N) is 1. The number of nitrogens with one attached hydrogen (secondary N) is 2. The van der Waals surface area contributed by atoms with Crippen LogP contribution in [-0.2, 0) is 6.54 Å². The Kier molecular flexibility index (Phi) is 6.94. The van der Waals surface area contributed by atoms with Crippen molar-refractivity contribution >= 4 is 22.7 Å². The minimum absolute atomic E-state index is 0.0372. The van der Waals surface area contributed by atoms with Crippen LogP contribution < -0.4 is 10.6 Å². The summed E-state index contributed by atoms with van der Waals surface area (Å²) in [5.74, 6) is -0.124. The van der Waals surface area contributed by atoms with E-state index in [0.717, 1.165) is 34.9 Å². The third-order valence-electron chi connectivity index (χ3n) is 6.75. The molecule has 1 heterocycles. The monoisotopic (exact) mass is 479 g/mol. The van der Waals surface area contributed by atoms with Gasteiger partial charge in [0.2, 0.25) is 0 Å². The van der Waals surface area contributed by atoms with E-state index in [4.69, 9.17) is 0 Å². The molecular formula is C30H29N3O3. The molecule has 0 aliphatic heterocycles. The lowest BCUT2D eigenvalue weighted by molar-refractivity contribution is 0.0924. The van der Waals surface area contributed by atoms with Crippen molar-refractivity contribution in [2.24, 2.45) is 0 Å². The van der Waals surface area contributed by atoms with Crippen molar-refractivity contribution in [3.8, 4) is 16.9 Å². The first kappa shape index (κ1) is 23.5. The van der Waals surface area contributed by atoms with E-state index in [-0.39, 0.29) is 23.6 Å². The Morgan fingerprint density at radius 3 is 2.44 bits per heavy atom. The highest BCUT2D eigenvalue weighted by molar-refractivity contribution is 5.96. The summed E-state index contributed by atoms with van der Waals surface area (Å²) in [6.07, 6.45) is 7.35. The number of carbonyl (C=O) groups is 2. The maximum atomic E-state index is 12.8. The second kappa shape index (κ2) is 10.6. The van der Waals surface area contributed by atoms with Gasteiger partial charge in [0.15, 0.2) is 0 Å². The average molecular weight is 480 g/mol. The van der Waals surface area contributed by atoms with Gasteiger partial charge in [-0.15, -0.1) is 0 Å². The van der Waals surface area contributed by atoms with E-state index in [9.17, 15) is 14.7 Å². The van der Waals surface area contributed by atoms with E-state index in [1.165, 1.54) is 19.3 Å². The molecule has 5 rings (SSSR count). The molecule has 1 aromatic heterocycles. The van der Waals surface area contributed by atoms with E-state index in [1.807, 2.05) is 48.5 Å². The molecule has 1 aliphatic rings. The number of pyridine rings is 1. The van der Waals surface area contributed by atoms with Gasteiger partial charge in [-0.05, 0) is 72.0 Å². The number of amides is 2. The molecule has 2 amide bonds. The minimum atomic E-state index is -0.192. The van der Waals surface area contributed by atoms with E-state index in [2.05, 4.69) is 15.6 Å². The smallest absolute Gasteiger partial charge is 0.251 e. The second-order valence-corrected chi connectivity index (χ2v) is 9.34. The molecule has 4 aromatic rings. The molecule has 182 valence electrons. The Morgan fingerprint density at radius 2 is 1.64 bits per heavy atom. The number of carbonyl (C=O) groups excluding carboxylic acids is 2. The number of hydrogen-bond donors (Lipinski definition) is 3. The van der Waals surface area contributed by atoms with Crippen LogP contribution in [0.1, 0.15) is 58.4 Å². The predicted molar refractivity (Wildman–Crippen MR) is 141 cm³/mol. The molecule has 1 saturated carbocycles. The molecule has 0 unspecified atom stereocenters. The quantitative estimate of drug-likeness (QED) is 0.336. The molecule has 6 heteroatoms. The molecule has 36 heavy (non-hydrogen) atoms. The lowest BCUT2D eigenvalue weighted by atomic mass is 9.95. The predicted octanol–water partition coefficient (Wildman–Crippen LogP) is 5.60. The average Bonchev–Trinajstić information content (AvgIpc) is 2.92. The van der Waals surface area contributed by atoms with E-state index in [1.54, 1.807) is 30.5 Å². The van der Waals surface area contributed by atoms with Gasteiger partial charge in [-0.1, -0.05) is 49.6 Å². The molecule has 0 radical (unpaired) electrons.